The highest BCUT2D eigenvalue weighted by molar-refractivity contribution is 5.41. The second-order valence-corrected chi connectivity index (χ2v) is 4.85. The normalized spacial score (nSPS) is 10.6. The molecule has 20 heavy (non-hydrogen) atoms. The predicted octanol–water partition coefficient (Wildman–Crippen LogP) is 0.995. The van der Waals surface area contributed by atoms with Crippen molar-refractivity contribution in [3.63, 3.8) is 0 Å². The van der Waals surface area contributed by atoms with Gasteiger partial charge in [-0.05, 0) is 18.1 Å². The van der Waals surface area contributed by atoms with Crippen LogP contribution in [0.4, 0.5) is 5.69 Å². The highest BCUT2D eigenvalue weighted by atomic mass is 16.1. The van der Waals surface area contributed by atoms with Gasteiger partial charge in [-0.15, -0.1) is 0 Å². The number of hydrogen-bond donors (Lipinski definition) is 1. The molecule has 2 N–H and O–H groups in total. The molecule has 0 aliphatic carbocycles. The van der Waals surface area contributed by atoms with Gasteiger partial charge in [-0.2, -0.15) is 5.10 Å². The molecule has 5 heteroatoms. The molecule has 2 aromatic rings. The highest BCUT2D eigenvalue weighted by Gasteiger charge is 2.05. The molecule has 0 amide bonds. The Kier molecular flexibility index (Phi) is 4.53. The Hall–Kier alpha value is -2.14. The molecule has 106 valence electrons. The minimum Gasteiger partial charge on any atom is -0.372 e. The second kappa shape index (κ2) is 6.34. The lowest BCUT2D eigenvalue weighted by atomic mass is 10.1. The Morgan fingerprint density at radius 2 is 2.10 bits per heavy atom. The SMILES string of the molecule is Cc1ccccc1Cn1ncc(N(C)CCN)cc1=O. The monoisotopic (exact) mass is 272 g/mol. The summed E-state index contributed by atoms with van der Waals surface area (Å²) in [5.74, 6) is 0. The molecular weight excluding hydrogens is 252 g/mol. The summed E-state index contributed by atoms with van der Waals surface area (Å²) in [6, 6.07) is 9.60. The fourth-order valence-electron chi connectivity index (χ4n) is 2.02. The second-order valence-electron chi connectivity index (χ2n) is 4.85. The number of anilines is 1. The lowest BCUT2D eigenvalue weighted by Crippen LogP contribution is -2.29. The molecule has 0 saturated heterocycles. The first kappa shape index (κ1) is 14.3. The molecule has 0 aliphatic rings. The van der Waals surface area contributed by atoms with E-state index >= 15 is 0 Å². The summed E-state index contributed by atoms with van der Waals surface area (Å²) >= 11 is 0. The summed E-state index contributed by atoms with van der Waals surface area (Å²) in [4.78, 5) is 14.0. The van der Waals surface area contributed by atoms with Gasteiger partial charge in [0.2, 0.25) is 0 Å². The lowest BCUT2D eigenvalue weighted by molar-refractivity contribution is 0.635. The maximum Gasteiger partial charge on any atom is 0.269 e. The van der Waals surface area contributed by atoms with E-state index in [0.29, 0.717) is 19.6 Å². The molecule has 0 atom stereocenters. The highest BCUT2D eigenvalue weighted by Crippen LogP contribution is 2.09. The predicted molar refractivity (Wildman–Crippen MR) is 81.1 cm³/mol. The summed E-state index contributed by atoms with van der Waals surface area (Å²) in [6.45, 7) is 3.77. The van der Waals surface area contributed by atoms with E-state index in [-0.39, 0.29) is 5.56 Å². The van der Waals surface area contributed by atoms with Crippen LogP contribution >= 0.6 is 0 Å². The van der Waals surface area contributed by atoms with Gasteiger partial charge < -0.3 is 10.6 Å². The van der Waals surface area contributed by atoms with Gasteiger partial charge in [-0.1, -0.05) is 24.3 Å². The van der Waals surface area contributed by atoms with Gasteiger partial charge in [-0.3, -0.25) is 4.79 Å². The number of nitrogens with zero attached hydrogens (tertiary/aromatic N) is 3. The number of nitrogens with two attached hydrogens (primary N) is 1. The standard InChI is InChI=1S/C15H20N4O/c1-12-5-3-4-6-13(12)11-19-15(20)9-14(10-17-19)18(2)8-7-16/h3-6,9-10H,7-8,11,16H2,1-2H3. The molecule has 0 fully saturated rings. The zero-order valence-corrected chi connectivity index (χ0v) is 11.9. The first-order valence-electron chi connectivity index (χ1n) is 6.64. The Balaban J connectivity index is 2.23. The van der Waals surface area contributed by atoms with Crippen LogP contribution in [0.1, 0.15) is 11.1 Å². The molecule has 0 radical (unpaired) electrons. The van der Waals surface area contributed by atoms with E-state index in [1.807, 2.05) is 43.1 Å². The average Bonchev–Trinajstić information content (AvgIpc) is 2.43. The van der Waals surface area contributed by atoms with Crippen LogP contribution in [-0.2, 0) is 6.54 Å². The maximum atomic E-state index is 12.1. The van der Waals surface area contributed by atoms with Crippen LogP contribution in [-0.4, -0.2) is 29.9 Å². The zero-order valence-electron chi connectivity index (χ0n) is 11.9. The molecule has 0 bridgehead atoms. The number of aryl methyl sites for hydroxylation is 1. The van der Waals surface area contributed by atoms with Crippen LogP contribution in [0.2, 0.25) is 0 Å². The van der Waals surface area contributed by atoms with Crippen LogP contribution in [0.5, 0.6) is 0 Å². The van der Waals surface area contributed by atoms with Crippen molar-refractivity contribution in [1.82, 2.24) is 9.78 Å². The topological polar surface area (TPSA) is 64.2 Å². The van der Waals surface area contributed by atoms with Crippen molar-refractivity contribution in [2.24, 2.45) is 5.73 Å². The van der Waals surface area contributed by atoms with Crippen LogP contribution in [0.15, 0.2) is 41.3 Å². The first-order chi connectivity index (χ1) is 9.61. The van der Waals surface area contributed by atoms with E-state index in [2.05, 4.69) is 5.10 Å². The third-order valence-electron chi connectivity index (χ3n) is 3.34. The summed E-state index contributed by atoms with van der Waals surface area (Å²) in [5.41, 5.74) is 8.46. The van der Waals surface area contributed by atoms with Gasteiger partial charge in [0.15, 0.2) is 0 Å². The van der Waals surface area contributed by atoms with E-state index in [9.17, 15) is 4.79 Å². The van der Waals surface area contributed by atoms with Crippen molar-refractivity contribution in [1.29, 1.82) is 0 Å². The Bertz CT molecular complexity index is 636. The van der Waals surface area contributed by atoms with Crippen molar-refractivity contribution < 1.29 is 0 Å². The van der Waals surface area contributed by atoms with E-state index < -0.39 is 0 Å². The minimum absolute atomic E-state index is 0.102. The van der Waals surface area contributed by atoms with Gasteiger partial charge in [-0.25, -0.2) is 4.68 Å². The fraction of sp³-hybridized carbons (Fsp3) is 0.333. The van der Waals surface area contributed by atoms with Crippen LogP contribution < -0.4 is 16.2 Å². The largest absolute Gasteiger partial charge is 0.372 e. The Morgan fingerprint density at radius 1 is 1.35 bits per heavy atom. The van der Waals surface area contributed by atoms with Gasteiger partial charge in [0.1, 0.15) is 0 Å². The quantitative estimate of drug-likeness (QED) is 0.882. The molecule has 0 spiro atoms. The maximum absolute atomic E-state index is 12.1. The molecule has 1 heterocycles. The number of rotatable bonds is 5. The summed E-state index contributed by atoms with van der Waals surface area (Å²) in [6.07, 6.45) is 1.70. The third kappa shape index (κ3) is 3.24. The summed E-state index contributed by atoms with van der Waals surface area (Å²) < 4.78 is 1.47. The molecule has 0 unspecified atom stereocenters. The minimum atomic E-state index is -0.102. The number of likely N-dealkylation sites (N-methyl/N-ethyl adjacent to an activating group) is 1. The third-order valence-corrected chi connectivity index (χ3v) is 3.34. The van der Waals surface area contributed by atoms with E-state index in [1.54, 1.807) is 12.3 Å². The summed E-state index contributed by atoms with van der Waals surface area (Å²) in [5, 5.41) is 4.24. The van der Waals surface area contributed by atoms with Crippen molar-refractivity contribution in [3.8, 4) is 0 Å². The zero-order chi connectivity index (χ0) is 14.5. The van der Waals surface area contributed by atoms with E-state index in [4.69, 9.17) is 5.73 Å². The van der Waals surface area contributed by atoms with E-state index in [0.717, 1.165) is 16.8 Å². The molecule has 1 aromatic carbocycles. The average molecular weight is 272 g/mol. The number of benzene rings is 1. The van der Waals surface area contributed by atoms with Gasteiger partial charge in [0.05, 0.1) is 18.4 Å². The van der Waals surface area contributed by atoms with Crippen molar-refractivity contribution in [2.75, 3.05) is 25.0 Å². The molecule has 0 aliphatic heterocycles. The molecule has 1 aromatic heterocycles. The number of hydrogen-bond acceptors (Lipinski definition) is 4. The van der Waals surface area contributed by atoms with Crippen molar-refractivity contribution in [2.45, 2.75) is 13.5 Å². The Morgan fingerprint density at radius 3 is 2.75 bits per heavy atom. The number of aromatic nitrogens is 2. The van der Waals surface area contributed by atoms with Gasteiger partial charge >= 0.3 is 0 Å². The smallest absolute Gasteiger partial charge is 0.269 e. The summed E-state index contributed by atoms with van der Waals surface area (Å²) in [7, 11) is 1.90. The first-order valence-corrected chi connectivity index (χ1v) is 6.64. The van der Waals surface area contributed by atoms with E-state index in [1.165, 1.54) is 4.68 Å². The van der Waals surface area contributed by atoms with Gasteiger partial charge in [0.25, 0.3) is 5.56 Å². The van der Waals surface area contributed by atoms with Crippen LogP contribution in [0, 0.1) is 6.92 Å². The van der Waals surface area contributed by atoms with Crippen molar-refractivity contribution >= 4 is 5.69 Å². The lowest BCUT2D eigenvalue weighted by Gasteiger charge is -2.17. The molecule has 5 nitrogen and oxygen atoms in total. The van der Waals surface area contributed by atoms with Crippen molar-refractivity contribution in [3.05, 3.63) is 58.0 Å². The Labute approximate surface area is 118 Å². The van der Waals surface area contributed by atoms with Gasteiger partial charge in [0, 0.05) is 26.2 Å². The fourth-order valence-corrected chi connectivity index (χ4v) is 2.02. The van der Waals surface area contributed by atoms with Crippen LogP contribution in [0.25, 0.3) is 0 Å². The molecule has 2 rings (SSSR count). The molecule has 0 saturated carbocycles. The van der Waals surface area contributed by atoms with Crippen LogP contribution in [0.3, 0.4) is 0 Å². The molecular formula is C15H20N4O.